The monoisotopic (exact) mass is 194 g/mol. The molecule has 0 bridgehead atoms. The molecule has 1 aromatic rings. The van der Waals surface area contributed by atoms with Gasteiger partial charge in [-0.25, -0.2) is 15.6 Å². The van der Waals surface area contributed by atoms with Crippen LogP contribution in [-0.4, -0.2) is 16.2 Å². The summed E-state index contributed by atoms with van der Waals surface area (Å²) in [7, 11) is 0. The smallest absolute Gasteiger partial charge is 0.421 e. The second-order valence-electron chi connectivity index (χ2n) is 3.34. The molecule has 3 N–H and O–H groups in total. The van der Waals surface area contributed by atoms with Gasteiger partial charge in [-0.3, -0.25) is 0 Å². The number of benzene rings is 1. The number of rotatable bonds is 2. The van der Waals surface area contributed by atoms with Crippen molar-refractivity contribution < 1.29 is 9.90 Å². The van der Waals surface area contributed by atoms with Crippen LogP contribution in [0.4, 0.5) is 4.79 Å². The molecule has 0 radical (unpaired) electrons. The van der Waals surface area contributed by atoms with Gasteiger partial charge in [-0.05, 0) is 25.0 Å². The average molecular weight is 194 g/mol. The topological polar surface area (TPSA) is 66.6 Å². The molecule has 1 rings (SSSR count). The number of hydrogen-bond donors (Lipinski definition) is 2. The van der Waals surface area contributed by atoms with Crippen LogP contribution >= 0.6 is 0 Å². The highest BCUT2D eigenvalue weighted by atomic mass is 16.4. The Morgan fingerprint density at radius 2 is 2.14 bits per heavy atom. The normalized spacial score (nSPS) is 9.93. The van der Waals surface area contributed by atoms with Crippen molar-refractivity contribution in [1.82, 2.24) is 5.01 Å². The first kappa shape index (κ1) is 10.5. The number of nitrogens with two attached hydrogens (primary N) is 1. The van der Waals surface area contributed by atoms with Crippen molar-refractivity contribution in [2.45, 2.75) is 20.4 Å². The Hall–Kier alpha value is -1.55. The highest BCUT2D eigenvalue weighted by Crippen LogP contribution is 2.11. The van der Waals surface area contributed by atoms with E-state index >= 15 is 0 Å². The average Bonchev–Trinajstić information content (AvgIpc) is 2.09. The number of nitrogens with zero attached hydrogens (tertiary/aromatic N) is 1. The molecule has 0 fully saturated rings. The maximum absolute atomic E-state index is 10.5. The summed E-state index contributed by atoms with van der Waals surface area (Å²) >= 11 is 0. The van der Waals surface area contributed by atoms with Gasteiger partial charge in [0.2, 0.25) is 0 Å². The van der Waals surface area contributed by atoms with Crippen molar-refractivity contribution >= 4 is 6.09 Å². The predicted octanol–water partition coefficient (Wildman–Crippen LogP) is 1.66. The Kier molecular flexibility index (Phi) is 3.09. The largest absolute Gasteiger partial charge is 0.464 e. The molecular formula is C10H14N2O2. The van der Waals surface area contributed by atoms with E-state index in [2.05, 4.69) is 0 Å². The molecule has 0 saturated carbocycles. The first-order chi connectivity index (χ1) is 6.50. The van der Waals surface area contributed by atoms with Crippen molar-refractivity contribution in [3.8, 4) is 0 Å². The first-order valence-electron chi connectivity index (χ1n) is 4.32. The minimum Gasteiger partial charge on any atom is -0.464 e. The maximum Gasteiger partial charge on any atom is 0.421 e. The summed E-state index contributed by atoms with van der Waals surface area (Å²) in [4.78, 5) is 10.5. The number of hydrazine groups is 1. The minimum absolute atomic E-state index is 0.224. The van der Waals surface area contributed by atoms with Gasteiger partial charge >= 0.3 is 6.09 Å². The second-order valence-corrected chi connectivity index (χ2v) is 3.34. The highest BCUT2D eigenvalue weighted by molar-refractivity contribution is 5.64. The van der Waals surface area contributed by atoms with Gasteiger partial charge in [-0.1, -0.05) is 23.8 Å². The number of carboxylic acid groups (broad SMARTS) is 1. The fourth-order valence-electron chi connectivity index (χ4n) is 1.27. The molecule has 0 heterocycles. The van der Waals surface area contributed by atoms with Crippen LogP contribution in [0.2, 0.25) is 0 Å². The van der Waals surface area contributed by atoms with Gasteiger partial charge in [0.1, 0.15) is 0 Å². The molecule has 4 heteroatoms. The molecule has 1 amide bonds. The summed E-state index contributed by atoms with van der Waals surface area (Å²) < 4.78 is 0. The Morgan fingerprint density at radius 3 is 2.64 bits per heavy atom. The quantitative estimate of drug-likeness (QED) is 0.427. The molecule has 0 unspecified atom stereocenters. The Balaban J connectivity index is 2.82. The third kappa shape index (κ3) is 2.47. The lowest BCUT2D eigenvalue weighted by Gasteiger charge is -2.14. The lowest BCUT2D eigenvalue weighted by Crippen LogP contribution is -2.35. The van der Waals surface area contributed by atoms with E-state index in [0.29, 0.717) is 0 Å². The maximum atomic E-state index is 10.5. The Morgan fingerprint density at radius 1 is 1.50 bits per heavy atom. The number of carbonyl (C=O) groups is 1. The number of amides is 1. The standard InChI is InChI=1S/C10H14N2O2/c1-7-3-4-9(8(2)5-7)6-12(11)10(13)14/h3-5H,6,11H2,1-2H3,(H,13,14). The fraction of sp³-hybridized carbons (Fsp3) is 0.300. The van der Waals surface area contributed by atoms with Gasteiger partial charge in [-0.15, -0.1) is 0 Å². The van der Waals surface area contributed by atoms with E-state index in [1.54, 1.807) is 0 Å². The molecule has 0 aliphatic carbocycles. The van der Waals surface area contributed by atoms with Gasteiger partial charge < -0.3 is 5.11 Å². The predicted molar refractivity (Wildman–Crippen MR) is 53.7 cm³/mol. The fourth-order valence-corrected chi connectivity index (χ4v) is 1.27. The lowest BCUT2D eigenvalue weighted by molar-refractivity contribution is 0.143. The van der Waals surface area contributed by atoms with Crippen LogP contribution in [0.25, 0.3) is 0 Å². The molecule has 1 aromatic carbocycles. The highest BCUT2D eigenvalue weighted by Gasteiger charge is 2.08. The Bertz CT molecular complexity index is 350. The van der Waals surface area contributed by atoms with E-state index in [-0.39, 0.29) is 6.54 Å². The molecule has 4 nitrogen and oxygen atoms in total. The van der Waals surface area contributed by atoms with Gasteiger partial charge in [0.15, 0.2) is 0 Å². The summed E-state index contributed by atoms with van der Waals surface area (Å²) in [5, 5.41) is 9.37. The third-order valence-electron chi connectivity index (χ3n) is 2.08. The van der Waals surface area contributed by atoms with E-state index in [9.17, 15) is 4.79 Å². The first-order valence-corrected chi connectivity index (χ1v) is 4.32. The SMILES string of the molecule is Cc1ccc(CN(N)C(=O)O)c(C)c1. The molecule has 0 aliphatic rings. The molecule has 0 saturated heterocycles. The molecular weight excluding hydrogens is 180 g/mol. The van der Waals surface area contributed by atoms with Crippen molar-refractivity contribution in [3.63, 3.8) is 0 Å². The summed E-state index contributed by atoms with van der Waals surface area (Å²) in [6, 6.07) is 5.84. The minimum atomic E-state index is -1.12. The van der Waals surface area contributed by atoms with Crippen molar-refractivity contribution in [3.05, 3.63) is 34.9 Å². The van der Waals surface area contributed by atoms with E-state index in [0.717, 1.165) is 21.7 Å². The molecule has 0 atom stereocenters. The third-order valence-corrected chi connectivity index (χ3v) is 2.08. The van der Waals surface area contributed by atoms with Crippen LogP contribution in [0.3, 0.4) is 0 Å². The van der Waals surface area contributed by atoms with Crippen LogP contribution < -0.4 is 5.84 Å². The zero-order valence-corrected chi connectivity index (χ0v) is 8.32. The summed E-state index contributed by atoms with van der Waals surface area (Å²) in [5.74, 6) is 5.29. The van der Waals surface area contributed by atoms with Crippen LogP contribution in [0, 0.1) is 13.8 Å². The van der Waals surface area contributed by atoms with E-state index in [1.165, 1.54) is 0 Å². The molecule has 0 aliphatic heterocycles. The zero-order chi connectivity index (χ0) is 10.7. The molecule has 14 heavy (non-hydrogen) atoms. The lowest BCUT2D eigenvalue weighted by atomic mass is 10.1. The van der Waals surface area contributed by atoms with Crippen LogP contribution in [0.5, 0.6) is 0 Å². The van der Waals surface area contributed by atoms with Gasteiger partial charge in [0.05, 0.1) is 6.54 Å². The summed E-state index contributed by atoms with van der Waals surface area (Å²) in [5.41, 5.74) is 3.15. The Labute approximate surface area is 82.9 Å². The summed E-state index contributed by atoms with van der Waals surface area (Å²) in [6.45, 7) is 4.16. The molecule has 0 aromatic heterocycles. The number of hydrogen-bond acceptors (Lipinski definition) is 2. The van der Waals surface area contributed by atoms with E-state index in [1.807, 2.05) is 32.0 Å². The van der Waals surface area contributed by atoms with Crippen LogP contribution in [-0.2, 0) is 6.54 Å². The molecule has 0 spiro atoms. The number of aryl methyl sites for hydroxylation is 2. The van der Waals surface area contributed by atoms with Crippen LogP contribution in [0.15, 0.2) is 18.2 Å². The van der Waals surface area contributed by atoms with Crippen LogP contribution in [0.1, 0.15) is 16.7 Å². The van der Waals surface area contributed by atoms with Gasteiger partial charge in [0.25, 0.3) is 0 Å². The van der Waals surface area contributed by atoms with Gasteiger partial charge in [0, 0.05) is 0 Å². The van der Waals surface area contributed by atoms with Gasteiger partial charge in [-0.2, -0.15) is 0 Å². The van der Waals surface area contributed by atoms with Crippen molar-refractivity contribution in [1.29, 1.82) is 0 Å². The zero-order valence-electron chi connectivity index (χ0n) is 8.32. The van der Waals surface area contributed by atoms with E-state index in [4.69, 9.17) is 10.9 Å². The van der Waals surface area contributed by atoms with Crippen molar-refractivity contribution in [2.75, 3.05) is 0 Å². The van der Waals surface area contributed by atoms with Crippen molar-refractivity contribution in [2.24, 2.45) is 5.84 Å². The molecule has 76 valence electrons. The summed E-state index contributed by atoms with van der Waals surface area (Å²) in [6.07, 6.45) is -1.12. The van der Waals surface area contributed by atoms with E-state index < -0.39 is 6.09 Å². The second kappa shape index (κ2) is 4.11.